The number of non-ortho nitro benzene ring substituents is 1. The van der Waals surface area contributed by atoms with Gasteiger partial charge in [-0.3, -0.25) is 14.9 Å². The zero-order valence-corrected chi connectivity index (χ0v) is 9.14. The maximum atomic E-state index is 11.8. The Morgan fingerprint density at radius 2 is 1.88 bits per heavy atom. The fraction of sp³-hybridized carbons (Fsp3) is 0.364. The molecule has 0 amide bonds. The van der Waals surface area contributed by atoms with Crippen molar-refractivity contribution >= 4 is 11.5 Å². The molecular formula is C11H13NO4. The minimum atomic E-state index is -0.865. The third-order valence-corrected chi connectivity index (χ3v) is 2.35. The Balaban J connectivity index is 2.99. The van der Waals surface area contributed by atoms with E-state index in [0.29, 0.717) is 5.56 Å². The number of Topliss-reactive ketones (excluding diaryl/α,β-unsaturated/α-hetero) is 1. The van der Waals surface area contributed by atoms with E-state index in [4.69, 9.17) is 5.11 Å². The topological polar surface area (TPSA) is 80.4 Å². The highest BCUT2D eigenvalue weighted by Gasteiger charge is 2.27. The van der Waals surface area contributed by atoms with Crippen LogP contribution in [-0.4, -0.2) is 22.4 Å². The average molecular weight is 223 g/mol. The lowest BCUT2D eigenvalue weighted by Gasteiger charge is -2.19. The molecule has 0 spiro atoms. The van der Waals surface area contributed by atoms with Crippen molar-refractivity contribution < 1.29 is 14.8 Å². The van der Waals surface area contributed by atoms with Gasteiger partial charge in [0.25, 0.3) is 5.69 Å². The summed E-state index contributed by atoms with van der Waals surface area (Å²) in [6.45, 7) is 2.98. The molecule has 0 aliphatic rings. The van der Waals surface area contributed by atoms with E-state index in [0.717, 1.165) is 0 Å². The molecule has 0 aromatic heterocycles. The molecule has 5 heteroatoms. The monoisotopic (exact) mass is 223 g/mol. The molecule has 0 aliphatic carbocycles. The fourth-order valence-electron chi connectivity index (χ4n) is 1.20. The summed E-state index contributed by atoms with van der Waals surface area (Å²) in [5.41, 5.74) is -0.557. The van der Waals surface area contributed by atoms with Crippen LogP contribution >= 0.6 is 0 Å². The van der Waals surface area contributed by atoms with Crippen molar-refractivity contribution in [2.24, 2.45) is 5.41 Å². The van der Waals surface area contributed by atoms with Crippen LogP contribution in [0.15, 0.2) is 24.3 Å². The van der Waals surface area contributed by atoms with Crippen LogP contribution in [0.25, 0.3) is 0 Å². The first-order valence-corrected chi connectivity index (χ1v) is 4.78. The van der Waals surface area contributed by atoms with Crippen molar-refractivity contribution in [2.75, 3.05) is 6.61 Å². The van der Waals surface area contributed by atoms with E-state index in [2.05, 4.69) is 0 Å². The molecule has 1 N–H and O–H groups in total. The van der Waals surface area contributed by atoms with Gasteiger partial charge in [0.15, 0.2) is 5.78 Å². The van der Waals surface area contributed by atoms with Gasteiger partial charge in [0.2, 0.25) is 0 Å². The van der Waals surface area contributed by atoms with Gasteiger partial charge in [-0.2, -0.15) is 0 Å². The zero-order valence-electron chi connectivity index (χ0n) is 9.14. The third kappa shape index (κ3) is 2.43. The summed E-state index contributed by atoms with van der Waals surface area (Å²) >= 11 is 0. The molecule has 0 bridgehead atoms. The summed E-state index contributed by atoms with van der Waals surface area (Å²) in [4.78, 5) is 21.7. The molecule has 0 heterocycles. The standard InChI is InChI=1S/C11H13NO4/c1-11(2,7-13)10(14)8-3-5-9(6-4-8)12(15)16/h3-6,13H,7H2,1-2H3. The van der Waals surface area contributed by atoms with Gasteiger partial charge >= 0.3 is 0 Å². The molecule has 0 saturated carbocycles. The van der Waals surface area contributed by atoms with Crippen LogP contribution in [0.3, 0.4) is 0 Å². The van der Waals surface area contributed by atoms with E-state index >= 15 is 0 Å². The molecule has 1 aromatic rings. The van der Waals surface area contributed by atoms with Crippen molar-refractivity contribution in [2.45, 2.75) is 13.8 Å². The summed E-state index contributed by atoms with van der Waals surface area (Å²) in [6.07, 6.45) is 0. The predicted octanol–water partition coefficient (Wildman–Crippen LogP) is 1.80. The number of benzene rings is 1. The molecular weight excluding hydrogens is 210 g/mol. The number of rotatable bonds is 4. The van der Waals surface area contributed by atoms with Crippen LogP contribution in [0.1, 0.15) is 24.2 Å². The van der Waals surface area contributed by atoms with Crippen molar-refractivity contribution in [3.05, 3.63) is 39.9 Å². The van der Waals surface area contributed by atoms with Gasteiger partial charge < -0.3 is 5.11 Å². The minimum Gasteiger partial charge on any atom is -0.395 e. The van der Waals surface area contributed by atoms with Crippen molar-refractivity contribution in [3.63, 3.8) is 0 Å². The third-order valence-electron chi connectivity index (χ3n) is 2.35. The number of nitrogens with zero attached hydrogens (tertiary/aromatic N) is 1. The summed E-state index contributed by atoms with van der Waals surface area (Å²) in [5.74, 6) is -0.232. The highest BCUT2D eigenvalue weighted by molar-refractivity contribution is 6.00. The maximum Gasteiger partial charge on any atom is 0.269 e. The van der Waals surface area contributed by atoms with Crippen LogP contribution < -0.4 is 0 Å². The second kappa shape index (κ2) is 4.40. The Morgan fingerprint density at radius 3 is 2.25 bits per heavy atom. The highest BCUT2D eigenvalue weighted by atomic mass is 16.6. The van der Waals surface area contributed by atoms with Gasteiger partial charge in [-0.05, 0) is 12.1 Å². The maximum absolute atomic E-state index is 11.8. The smallest absolute Gasteiger partial charge is 0.269 e. The summed E-state index contributed by atoms with van der Waals surface area (Å²) in [6, 6.07) is 5.36. The minimum absolute atomic E-state index is 0.0571. The number of carbonyl (C=O) groups is 1. The van der Waals surface area contributed by atoms with E-state index in [-0.39, 0.29) is 18.1 Å². The Bertz CT molecular complexity index is 408. The van der Waals surface area contributed by atoms with E-state index < -0.39 is 10.3 Å². The molecule has 0 aliphatic heterocycles. The number of hydrogen-bond acceptors (Lipinski definition) is 4. The zero-order chi connectivity index (χ0) is 12.3. The van der Waals surface area contributed by atoms with Crippen molar-refractivity contribution in [1.29, 1.82) is 0 Å². The average Bonchev–Trinajstić information content (AvgIpc) is 2.28. The molecule has 0 atom stereocenters. The number of ketones is 1. The molecule has 1 rings (SSSR count). The Labute approximate surface area is 92.9 Å². The van der Waals surface area contributed by atoms with Crippen LogP contribution in [0, 0.1) is 15.5 Å². The molecule has 5 nitrogen and oxygen atoms in total. The number of aliphatic hydroxyl groups excluding tert-OH is 1. The van der Waals surface area contributed by atoms with Gasteiger partial charge in [0, 0.05) is 17.7 Å². The first-order chi connectivity index (χ1) is 7.38. The first-order valence-electron chi connectivity index (χ1n) is 4.78. The number of aliphatic hydroxyl groups is 1. The SMILES string of the molecule is CC(C)(CO)C(=O)c1ccc([N+](=O)[O-])cc1. The second-order valence-corrected chi connectivity index (χ2v) is 4.18. The van der Waals surface area contributed by atoms with E-state index in [1.807, 2.05) is 0 Å². The van der Waals surface area contributed by atoms with Gasteiger partial charge in [-0.1, -0.05) is 13.8 Å². The van der Waals surface area contributed by atoms with E-state index in [1.54, 1.807) is 13.8 Å². The number of hydrogen-bond donors (Lipinski definition) is 1. The van der Waals surface area contributed by atoms with Gasteiger partial charge in [-0.25, -0.2) is 0 Å². The molecule has 16 heavy (non-hydrogen) atoms. The van der Waals surface area contributed by atoms with Crippen LogP contribution in [-0.2, 0) is 0 Å². The van der Waals surface area contributed by atoms with Gasteiger partial charge in [0.1, 0.15) is 0 Å². The molecule has 0 radical (unpaired) electrons. The van der Waals surface area contributed by atoms with Crippen LogP contribution in [0.2, 0.25) is 0 Å². The number of nitro groups is 1. The number of nitro benzene ring substituents is 1. The molecule has 1 aromatic carbocycles. The lowest BCUT2D eigenvalue weighted by molar-refractivity contribution is -0.384. The quantitative estimate of drug-likeness (QED) is 0.479. The second-order valence-electron chi connectivity index (χ2n) is 4.18. The normalized spacial score (nSPS) is 11.2. The van der Waals surface area contributed by atoms with E-state index in [9.17, 15) is 14.9 Å². The fourth-order valence-corrected chi connectivity index (χ4v) is 1.20. The molecule has 86 valence electrons. The van der Waals surface area contributed by atoms with Crippen LogP contribution in [0.4, 0.5) is 5.69 Å². The molecule has 0 unspecified atom stereocenters. The Morgan fingerprint density at radius 1 is 1.38 bits per heavy atom. The van der Waals surface area contributed by atoms with Crippen molar-refractivity contribution in [3.8, 4) is 0 Å². The van der Waals surface area contributed by atoms with Crippen LogP contribution in [0.5, 0.6) is 0 Å². The largest absolute Gasteiger partial charge is 0.395 e. The first kappa shape index (κ1) is 12.3. The summed E-state index contributed by atoms with van der Waals surface area (Å²) in [5, 5.41) is 19.5. The highest BCUT2D eigenvalue weighted by Crippen LogP contribution is 2.22. The Kier molecular flexibility index (Phi) is 3.39. The number of carbonyl (C=O) groups excluding carboxylic acids is 1. The summed E-state index contributed by atoms with van der Waals surface area (Å²) < 4.78 is 0. The van der Waals surface area contributed by atoms with Crippen molar-refractivity contribution in [1.82, 2.24) is 0 Å². The van der Waals surface area contributed by atoms with E-state index in [1.165, 1.54) is 24.3 Å². The molecule has 0 fully saturated rings. The van der Waals surface area contributed by atoms with Gasteiger partial charge in [-0.15, -0.1) is 0 Å². The lowest BCUT2D eigenvalue weighted by Crippen LogP contribution is -2.28. The van der Waals surface area contributed by atoms with Gasteiger partial charge in [0.05, 0.1) is 16.9 Å². The molecule has 0 saturated heterocycles. The summed E-state index contributed by atoms with van der Waals surface area (Å²) in [7, 11) is 0. The Hall–Kier alpha value is -1.75. The lowest BCUT2D eigenvalue weighted by atomic mass is 9.85. The predicted molar refractivity (Wildman–Crippen MR) is 58.3 cm³/mol.